The Hall–Kier alpha value is -1.78. The number of ether oxygens (including phenoxy) is 1. The van der Waals surface area contributed by atoms with Gasteiger partial charge in [-0.1, -0.05) is 0 Å². The summed E-state index contributed by atoms with van der Waals surface area (Å²) in [6.07, 6.45) is -0.673. The predicted molar refractivity (Wildman–Crippen MR) is 52.1 cm³/mol. The van der Waals surface area contributed by atoms with Crippen molar-refractivity contribution in [1.29, 1.82) is 0 Å². The average molecular weight is 228 g/mol. The van der Waals surface area contributed by atoms with Gasteiger partial charge in [0.1, 0.15) is 18.1 Å². The number of Topliss-reactive ketones (excluding diaryl/α,β-unsaturated/α-hetero) is 1. The van der Waals surface area contributed by atoms with Crippen LogP contribution in [0.5, 0.6) is 0 Å². The first-order valence-electron chi connectivity index (χ1n) is 4.51. The minimum absolute atomic E-state index is 0.365. The quantitative estimate of drug-likeness (QED) is 0.451. The summed E-state index contributed by atoms with van der Waals surface area (Å²) in [5, 5.41) is 0. The minimum atomic E-state index is -0.966. The predicted octanol–water partition coefficient (Wildman–Crippen LogP) is 2.02. The fourth-order valence-electron chi connectivity index (χ4n) is 1.26. The average Bonchev–Trinajstić information content (AvgIpc) is 2.15. The lowest BCUT2D eigenvalue weighted by atomic mass is 10.0. The Balaban J connectivity index is 3.04. The maximum Gasteiger partial charge on any atom is 0.313 e. The number of esters is 1. The zero-order chi connectivity index (χ0) is 12.3. The fraction of sp³-hybridized carbons (Fsp3) is 0.273. The second-order valence-electron chi connectivity index (χ2n) is 3.28. The van der Waals surface area contributed by atoms with Gasteiger partial charge in [-0.2, -0.15) is 0 Å². The molecule has 1 aromatic rings. The molecule has 0 aromatic heterocycles. The van der Waals surface area contributed by atoms with Gasteiger partial charge in [0.05, 0.1) is 12.7 Å². The molecule has 3 nitrogen and oxygen atoms in total. The van der Waals surface area contributed by atoms with E-state index in [2.05, 4.69) is 4.74 Å². The number of ketones is 1. The van der Waals surface area contributed by atoms with Gasteiger partial charge in [-0.15, -0.1) is 0 Å². The number of aryl methyl sites for hydroxylation is 1. The van der Waals surface area contributed by atoms with Crippen LogP contribution in [-0.4, -0.2) is 18.9 Å². The zero-order valence-electron chi connectivity index (χ0n) is 8.84. The summed E-state index contributed by atoms with van der Waals surface area (Å²) < 4.78 is 30.8. The molecule has 0 fully saturated rings. The van der Waals surface area contributed by atoms with Gasteiger partial charge in [0.15, 0.2) is 5.78 Å². The molecular formula is C11H10F2O3. The third kappa shape index (κ3) is 2.62. The van der Waals surface area contributed by atoms with Crippen molar-refractivity contribution in [2.24, 2.45) is 0 Å². The van der Waals surface area contributed by atoms with Gasteiger partial charge in [-0.25, -0.2) is 8.78 Å². The van der Waals surface area contributed by atoms with Crippen molar-refractivity contribution in [3.63, 3.8) is 0 Å². The van der Waals surface area contributed by atoms with Crippen molar-refractivity contribution >= 4 is 11.8 Å². The third-order valence-electron chi connectivity index (χ3n) is 2.00. The minimum Gasteiger partial charge on any atom is -0.469 e. The van der Waals surface area contributed by atoms with E-state index in [4.69, 9.17) is 0 Å². The Morgan fingerprint density at radius 3 is 2.19 bits per heavy atom. The summed E-state index contributed by atoms with van der Waals surface area (Å²) in [5.41, 5.74) is -0.333. The van der Waals surface area contributed by atoms with Crippen LogP contribution in [0.1, 0.15) is 22.3 Å². The molecule has 0 spiro atoms. The highest BCUT2D eigenvalue weighted by Gasteiger charge is 2.20. The standard InChI is InChI=1S/C11H10F2O3/c1-6-3-7(12)11(8(13)4-6)9(14)5-10(15)16-2/h3-4H,5H2,1-2H3. The van der Waals surface area contributed by atoms with Crippen LogP contribution in [0.2, 0.25) is 0 Å². The van der Waals surface area contributed by atoms with Crippen LogP contribution in [0.3, 0.4) is 0 Å². The molecule has 0 radical (unpaired) electrons. The molecule has 86 valence electrons. The van der Waals surface area contributed by atoms with Crippen LogP contribution >= 0.6 is 0 Å². The largest absolute Gasteiger partial charge is 0.469 e. The maximum absolute atomic E-state index is 13.3. The number of carbonyl (C=O) groups excluding carboxylic acids is 2. The molecule has 0 amide bonds. The highest BCUT2D eigenvalue weighted by Crippen LogP contribution is 2.17. The van der Waals surface area contributed by atoms with Gasteiger partial charge in [0, 0.05) is 0 Å². The second-order valence-corrected chi connectivity index (χ2v) is 3.28. The van der Waals surface area contributed by atoms with E-state index in [0.29, 0.717) is 5.56 Å². The Bertz CT molecular complexity index is 418. The summed E-state index contributed by atoms with van der Waals surface area (Å²) in [7, 11) is 1.09. The van der Waals surface area contributed by atoms with Crippen molar-refractivity contribution < 1.29 is 23.1 Å². The number of hydrogen-bond donors (Lipinski definition) is 0. The number of methoxy groups -OCH3 is 1. The SMILES string of the molecule is COC(=O)CC(=O)c1c(F)cc(C)cc1F. The number of benzene rings is 1. The van der Waals surface area contributed by atoms with E-state index in [1.165, 1.54) is 6.92 Å². The molecule has 0 bridgehead atoms. The summed E-state index contributed by atoms with van der Waals surface area (Å²) in [5.74, 6) is -3.69. The van der Waals surface area contributed by atoms with Gasteiger partial charge < -0.3 is 4.74 Å². The molecule has 0 unspecified atom stereocenters. The van der Waals surface area contributed by atoms with Crippen LogP contribution in [0.4, 0.5) is 8.78 Å². The van der Waals surface area contributed by atoms with Crippen LogP contribution < -0.4 is 0 Å². The van der Waals surface area contributed by atoms with E-state index >= 15 is 0 Å². The molecule has 0 atom stereocenters. The molecule has 1 aromatic carbocycles. The lowest BCUT2D eigenvalue weighted by Crippen LogP contribution is -2.13. The van der Waals surface area contributed by atoms with Crippen LogP contribution in [0, 0.1) is 18.6 Å². The lowest BCUT2D eigenvalue weighted by molar-refractivity contribution is -0.139. The van der Waals surface area contributed by atoms with Crippen molar-refractivity contribution in [2.45, 2.75) is 13.3 Å². The first-order valence-corrected chi connectivity index (χ1v) is 4.51. The number of carbonyl (C=O) groups is 2. The Kier molecular flexibility index (Phi) is 3.71. The van der Waals surface area contributed by atoms with Crippen molar-refractivity contribution in [3.8, 4) is 0 Å². The first kappa shape index (κ1) is 12.3. The van der Waals surface area contributed by atoms with E-state index in [0.717, 1.165) is 19.2 Å². The van der Waals surface area contributed by atoms with Gasteiger partial charge in [-0.05, 0) is 24.6 Å². The summed E-state index contributed by atoms with van der Waals surface area (Å²) in [4.78, 5) is 22.2. The zero-order valence-corrected chi connectivity index (χ0v) is 8.84. The van der Waals surface area contributed by atoms with Crippen molar-refractivity contribution in [3.05, 3.63) is 34.9 Å². The van der Waals surface area contributed by atoms with Gasteiger partial charge >= 0.3 is 5.97 Å². The summed E-state index contributed by atoms with van der Waals surface area (Å²) in [6.45, 7) is 1.50. The Labute approximate surface area is 91.0 Å². The van der Waals surface area contributed by atoms with Gasteiger partial charge in [0.25, 0.3) is 0 Å². The van der Waals surface area contributed by atoms with Crippen LogP contribution in [-0.2, 0) is 9.53 Å². The van der Waals surface area contributed by atoms with E-state index < -0.39 is 35.4 Å². The monoisotopic (exact) mass is 228 g/mol. The fourth-order valence-corrected chi connectivity index (χ4v) is 1.26. The Morgan fingerprint density at radius 2 is 1.75 bits per heavy atom. The third-order valence-corrected chi connectivity index (χ3v) is 2.00. The molecule has 0 aliphatic rings. The lowest BCUT2D eigenvalue weighted by Gasteiger charge is -2.04. The normalized spacial score (nSPS) is 10.0. The number of halogens is 2. The number of hydrogen-bond acceptors (Lipinski definition) is 3. The molecule has 0 saturated carbocycles. The molecule has 1 rings (SSSR count). The maximum atomic E-state index is 13.3. The van der Waals surface area contributed by atoms with E-state index in [1.54, 1.807) is 0 Å². The topological polar surface area (TPSA) is 43.4 Å². The molecule has 16 heavy (non-hydrogen) atoms. The molecule has 0 aliphatic heterocycles. The van der Waals surface area contributed by atoms with E-state index in [9.17, 15) is 18.4 Å². The smallest absolute Gasteiger partial charge is 0.313 e. The van der Waals surface area contributed by atoms with Gasteiger partial charge in [-0.3, -0.25) is 9.59 Å². The van der Waals surface area contributed by atoms with E-state index in [1.807, 2.05) is 0 Å². The summed E-state index contributed by atoms with van der Waals surface area (Å²) >= 11 is 0. The molecule has 0 aliphatic carbocycles. The van der Waals surface area contributed by atoms with Crippen LogP contribution in [0.25, 0.3) is 0 Å². The van der Waals surface area contributed by atoms with Crippen molar-refractivity contribution in [1.82, 2.24) is 0 Å². The number of rotatable bonds is 3. The highest BCUT2D eigenvalue weighted by molar-refractivity contribution is 6.06. The first-order chi connectivity index (χ1) is 7.45. The highest BCUT2D eigenvalue weighted by atomic mass is 19.1. The molecular weight excluding hydrogens is 218 g/mol. The molecule has 0 saturated heterocycles. The van der Waals surface area contributed by atoms with Crippen molar-refractivity contribution in [2.75, 3.05) is 7.11 Å². The molecule has 0 heterocycles. The summed E-state index contributed by atoms with van der Waals surface area (Å²) in [6, 6.07) is 2.07. The second kappa shape index (κ2) is 4.83. The van der Waals surface area contributed by atoms with Crippen LogP contribution in [0.15, 0.2) is 12.1 Å². The van der Waals surface area contributed by atoms with Gasteiger partial charge in [0.2, 0.25) is 0 Å². The van der Waals surface area contributed by atoms with E-state index in [-0.39, 0.29) is 0 Å². The molecule has 5 heteroatoms. The Morgan fingerprint density at radius 1 is 1.25 bits per heavy atom. The molecule has 0 N–H and O–H groups in total.